The number of carbonyl (C=O) groups excluding carboxylic acids is 3. The summed E-state index contributed by atoms with van der Waals surface area (Å²) in [5, 5.41) is 10.5. The van der Waals surface area contributed by atoms with Gasteiger partial charge in [-0.15, -0.1) is 0 Å². The number of ether oxygens (including phenoxy) is 5. The van der Waals surface area contributed by atoms with Crippen molar-refractivity contribution in [2.75, 3.05) is 46.1 Å². The van der Waals surface area contributed by atoms with Gasteiger partial charge in [0.15, 0.2) is 0 Å². The van der Waals surface area contributed by atoms with Gasteiger partial charge < -0.3 is 33.7 Å². The Hall–Kier alpha value is -1.75. The molecule has 0 aliphatic carbocycles. The third-order valence-corrected chi connectivity index (χ3v) is 11.1. The second-order valence-corrected chi connectivity index (χ2v) is 16.5. The van der Waals surface area contributed by atoms with Crippen LogP contribution in [0, 0.1) is 5.92 Å². The summed E-state index contributed by atoms with van der Waals surface area (Å²) in [5.74, 6) is -0.727. The Labute approximate surface area is 356 Å². The van der Waals surface area contributed by atoms with E-state index in [2.05, 4.69) is 39.5 Å². The lowest BCUT2D eigenvalue weighted by Crippen LogP contribution is -2.28. The van der Waals surface area contributed by atoms with Crippen LogP contribution in [0.4, 0.5) is 0 Å². The molecule has 2 unspecified atom stereocenters. The molecule has 344 valence electrons. The van der Waals surface area contributed by atoms with Crippen LogP contribution in [-0.2, 0) is 38.1 Å². The van der Waals surface area contributed by atoms with Gasteiger partial charge in [0, 0.05) is 31.7 Å². The average Bonchev–Trinajstić information content (AvgIpc) is 3.22. The van der Waals surface area contributed by atoms with Crippen molar-refractivity contribution in [1.29, 1.82) is 0 Å². The number of aliphatic hydroxyl groups excluding tert-OH is 1. The lowest BCUT2D eigenvalue weighted by Gasteiger charge is -2.22. The predicted molar refractivity (Wildman–Crippen MR) is 237 cm³/mol. The normalized spacial score (nSPS) is 12.6. The Bertz CT molecular complexity index is 886. The van der Waals surface area contributed by atoms with Crippen LogP contribution in [0.15, 0.2) is 0 Å². The second kappa shape index (κ2) is 43.3. The van der Waals surface area contributed by atoms with Crippen LogP contribution >= 0.6 is 0 Å². The Balaban J connectivity index is 4.72. The van der Waals surface area contributed by atoms with Gasteiger partial charge in [0.25, 0.3) is 6.48 Å². The van der Waals surface area contributed by atoms with Gasteiger partial charge in [0.1, 0.15) is 0 Å². The van der Waals surface area contributed by atoms with Gasteiger partial charge in [-0.05, 0) is 64.5 Å². The van der Waals surface area contributed by atoms with Crippen molar-refractivity contribution in [2.24, 2.45) is 5.92 Å². The monoisotopic (exact) mass is 828 g/mol. The molecule has 0 aromatic rings. The third-order valence-electron chi connectivity index (χ3n) is 11.1. The van der Waals surface area contributed by atoms with Crippen LogP contribution in [-0.4, -0.2) is 86.6 Å². The molecule has 0 saturated heterocycles. The molecule has 0 spiro atoms. The summed E-state index contributed by atoms with van der Waals surface area (Å²) in [6, 6.07) is 0. The van der Waals surface area contributed by atoms with E-state index in [4.69, 9.17) is 23.7 Å². The first-order valence-corrected chi connectivity index (χ1v) is 24.4. The van der Waals surface area contributed by atoms with E-state index < -0.39 is 6.48 Å². The SMILES string of the molecule is CCCCCCCCCCCCC(CCCOC(=O)CCCCC(COC(=O)CCCCCCC)COC(=O)CCCCCCC)OC(O)OCCCN(CC)CC. The van der Waals surface area contributed by atoms with E-state index in [-0.39, 0.29) is 43.1 Å². The van der Waals surface area contributed by atoms with Crippen LogP contribution < -0.4 is 0 Å². The molecule has 0 bridgehead atoms. The van der Waals surface area contributed by atoms with Crippen LogP contribution in [0.5, 0.6) is 0 Å². The minimum absolute atomic E-state index is 0.0988. The zero-order valence-electron chi connectivity index (χ0n) is 38.6. The van der Waals surface area contributed by atoms with Crippen LogP contribution in [0.1, 0.15) is 227 Å². The molecule has 0 radical (unpaired) electrons. The average molecular weight is 828 g/mol. The van der Waals surface area contributed by atoms with Crippen molar-refractivity contribution in [3.05, 3.63) is 0 Å². The molecular formula is C48H93NO9. The number of unbranched alkanes of at least 4 members (excludes halogenated alkanes) is 18. The van der Waals surface area contributed by atoms with E-state index in [1.807, 2.05) is 0 Å². The summed E-state index contributed by atoms with van der Waals surface area (Å²) in [7, 11) is 0. The van der Waals surface area contributed by atoms with Crippen molar-refractivity contribution < 1.29 is 43.2 Å². The first-order chi connectivity index (χ1) is 28.3. The van der Waals surface area contributed by atoms with E-state index in [9.17, 15) is 19.5 Å². The molecule has 0 amide bonds. The standard InChI is InChI=1S/C48H93NO9/c1-6-11-14-17-18-19-20-21-24-25-33-44(58-48(53)55-40-31-38-49(9-4)10-5)34-30-39-54-45(50)37-29-28-32-43(41-56-46(51)35-26-22-15-12-7-2)42-57-47(52)36-27-23-16-13-8-3/h43-44,48,53H,6-42H2,1-5H3. The number of hydrogen-bond acceptors (Lipinski definition) is 10. The zero-order chi connectivity index (χ0) is 42.7. The van der Waals surface area contributed by atoms with Crippen molar-refractivity contribution in [1.82, 2.24) is 4.90 Å². The highest BCUT2D eigenvalue weighted by Crippen LogP contribution is 2.18. The highest BCUT2D eigenvalue weighted by molar-refractivity contribution is 5.70. The topological polar surface area (TPSA) is 121 Å². The highest BCUT2D eigenvalue weighted by Gasteiger charge is 2.18. The Kier molecular flexibility index (Phi) is 42.0. The van der Waals surface area contributed by atoms with E-state index in [0.29, 0.717) is 58.2 Å². The predicted octanol–water partition coefficient (Wildman–Crippen LogP) is 12.0. The summed E-state index contributed by atoms with van der Waals surface area (Å²) in [6.07, 6.45) is 29.4. The fourth-order valence-corrected chi connectivity index (χ4v) is 7.15. The fourth-order valence-electron chi connectivity index (χ4n) is 7.15. The van der Waals surface area contributed by atoms with Gasteiger partial charge in [-0.3, -0.25) is 14.4 Å². The van der Waals surface area contributed by atoms with Gasteiger partial charge in [-0.1, -0.05) is 157 Å². The molecule has 0 aromatic heterocycles. The summed E-state index contributed by atoms with van der Waals surface area (Å²) >= 11 is 0. The molecule has 1 N–H and O–H groups in total. The smallest absolute Gasteiger partial charge is 0.305 e. The fraction of sp³-hybridized carbons (Fsp3) is 0.938. The summed E-state index contributed by atoms with van der Waals surface area (Å²) in [5.41, 5.74) is 0. The Morgan fingerprint density at radius 1 is 0.466 bits per heavy atom. The van der Waals surface area contributed by atoms with Crippen molar-refractivity contribution in [3.8, 4) is 0 Å². The first kappa shape index (κ1) is 56.2. The molecular weight excluding hydrogens is 735 g/mol. The molecule has 0 fully saturated rings. The van der Waals surface area contributed by atoms with Crippen molar-refractivity contribution in [2.45, 2.75) is 240 Å². The third kappa shape index (κ3) is 38.5. The lowest BCUT2D eigenvalue weighted by atomic mass is 10.0. The maximum Gasteiger partial charge on any atom is 0.305 e. The molecule has 0 rings (SSSR count). The number of carbonyl (C=O) groups is 3. The van der Waals surface area contributed by atoms with Gasteiger partial charge in [-0.25, -0.2) is 0 Å². The Morgan fingerprint density at radius 2 is 0.879 bits per heavy atom. The van der Waals surface area contributed by atoms with Gasteiger partial charge in [0.05, 0.1) is 32.5 Å². The molecule has 58 heavy (non-hydrogen) atoms. The van der Waals surface area contributed by atoms with Gasteiger partial charge in [-0.2, -0.15) is 0 Å². The number of esters is 3. The lowest BCUT2D eigenvalue weighted by molar-refractivity contribution is -0.283. The summed E-state index contributed by atoms with van der Waals surface area (Å²) in [4.78, 5) is 39.7. The number of hydrogen-bond donors (Lipinski definition) is 1. The van der Waals surface area contributed by atoms with E-state index in [1.54, 1.807) is 0 Å². The number of rotatable bonds is 45. The number of nitrogens with zero attached hydrogens (tertiary/aromatic N) is 1. The van der Waals surface area contributed by atoms with E-state index >= 15 is 0 Å². The quantitative estimate of drug-likeness (QED) is 0.0275. The van der Waals surface area contributed by atoms with Crippen LogP contribution in [0.25, 0.3) is 0 Å². The van der Waals surface area contributed by atoms with Crippen molar-refractivity contribution in [3.63, 3.8) is 0 Å². The van der Waals surface area contributed by atoms with E-state index in [1.165, 1.54) is 64.2 Å². The van der Waals surface area contributed by atoms with Crippen LogP contribution in [0.3, 0.4) is 0 Å². The molecule has 0 heterocycles. The van der Waals surface area contributed by atoms with Crippen LogP contribution in [0.2, 0.25) is 0 Å². The Morgan fingerprint density at radius 3 is 1.38 bits per heavy atom. The highest BCUT2D eigenvalue weighted by atomic mass is 16.8. The van der Waals surface area contributed by atoms with Gasteiger partial charge >= 0.3 is 17.9 Å². The second-order valence-electron chi connectivity index (χ2n) is 16.5. The zero-order valence-corrected chi connectivity index (χ0v) is 38.6. The molecule has 0 saturated carbocycles. The summed E-state index contributed by atoms with van der Waals surface area (Å²) in [6.45, 7) is 13.7. The largest absolute Gasteiger partial charge is 0.466 e. The minimum Gasteiger partial charge on any atom is -0.466 e. The maximum atomic E-state index is 12.6. The molecule has 10 heteroatoms. The summed E-state index contributed by atoms with van der Waals surface area (Å²) < 4.78 is 28.3. The molecule has 0 aromatic carbocycles. The molecule has 0 aliphatic heterocycles. The van der Waals surface area contributed by atoms with Crippen molar-refractivity contribution >= 4 is 17.9 Å². The number of aliphatic hydroxyl groups is 1. The first-order valence-electron chi connectivity index (χ1n) is 24.4. The van der Waals surface area contributed by atoms with E-state index in [0.717, 1.165) is 103 Å². The van der Waals surface area contributed by atoms with Gasteiger partial charge in [0.2, 0.25) is 0 Å². The molecule has 2 atom stereocenters. The molecule has 0 aliphatic rings. The maximum absolute atomic E-state index is 12.6. The molecule has 10 nitrogen and oxygen atoms in total. The minimum atomic E-state index is -1.26.